The first-order valence-electron chi connectivity index (χ1n) is 12.5. The van der Waals surface area contributed by atoms with Gasteiger partial charge in [0.15, 0.2) is 0 Å². The lowest BCUT2D eigenvalue weighted by atomic mass is 9.76. The fraction of sp³-hybridized carbons (Fsp3) is 0.760. The molecule has 188 valence electrons. The Morgan fingerprint density at radius 3 is 1.56 bits per heavy atom. The van der Waals surface area contributed by atoms with Crippen LogP contribution in [0.4, 0.5) is 0 Å². The predicted octanol–water partition coefficient (Wildman–Crippen LogP) is 1.30. The van der Waals surface area contributed by atoms with Crippen molar-refractivity contribution >= 4 is 10.1 Å². The quantitative estimate of drug-likeness (QED) is 0.396. The molecule has 9 heteroatoms. The third-order valence-electron chi connectivity index (χ3n) is 10.5. The number of aryl methyl sites for hydroxylation is 1. The molecule has 4 unspecified atom stereocenters. The molecule has 1 aromatic rings. The Labute approximate surface area is 199 Å². The molecular formula is C25H34O8S. The summed E-state index contributed by atoms with van der Waals surface area (Å²) in [7, 11) is -4.47. The van der Waals surface area contributed by atoms with Crippen LogP contribution in [0.1, 0.15) is 69.8 Å². The van der Waals surface area contributed by atoms with Gasteiger partial charge in [0.25, 0.3) is 10.1 Å². The van der Waals surface area contributed by atoms with Gasteiger partial charge in [-0.3, -0.25) is 4.18 Å². The predicted molar refractivity (Wildman–Crippen MR) is 120 cm³/mol. The van der Waals surface area contributed by atoms with Gasteiger partial charge in [0.1, 0.15) is 34.6 Å². The van der Waals surface area contributed by atoms with E-state index in [2.05, 4.69) is 0 Å². The molecule has 5 N–H and O–H groups in total. The highest BCUT2D eigenvalue weighted by molar-refractivity contribution is 7.86. The highest BCUT2D eigenvalue weighted by atomic mass is 32.2. The molecule has 8 nitrogen and oxygen atoms in total. The van der Waals surface area contributed by atoms with Crippen molar-refractivity contribution in [2.24, 2.45) is 10.8 Å². The van der Waals surface area contributed by atoms with Gasteiger partial charge in [-0.05, 0) is 44.7 Å². The molecule has 5 fully saturated rings. The van der Waals surface area contributed by atoms with E-state index in [4.69, 9.17) is 4.18 Å². The van der Waals surface area contributed by atoms with Crippen LogP contribution in [0, 0.1) is 17.8 Å². The maximum Gasteiger partial charge on any atom is 0.297 e. The number of benzene rings is 1. The van der Waals surface area contributed by atoms with Gasteiger partial charge in [0.05, 0.1) is 4.90 Å². The van der Waals surface area contributed by atoms with E-state index in [0.717, 1.165) is 18.4 Å². The van der Waals surface area contributed by atoms with E-state index in [1.54, 1.807) is 12.1 Å². The van der Waals surface area contributed by atoms with Gasteiger partial charge < -0.3 is 25.5 Å². The van der Waals surface area contributed by atoms with Crippen LogP contribution in [0.5, 0.6) is 0 Å². The SMILES string of the molecule is Cc1ccc(S(=O)(=O)OC2C3(O)C4(CCCCC4)C3(O)C(O)C3(O)C4(CCCCC4)C23O)cc1. The van der Waals surface area contributed by atoms with Gasteiger partial charge in [0, 0.05) is 10.8 Å². The lowest BCUT2D eigenvalue weighted by Crippen LogP contribution is -2.64. The molecule has 5 aliphatic carbocycles. The fourth-order valence-corrected chi connectivity index (χ4v) is 9.84. The topological polar surface area (TPSA) is 145 Å². The summed E-state index contributed by atoms with van der Waals surface area (Å²) >= 11 is 0. The highest BCUT2D eigenvalue weighted by Crippen LogP contribution is 2.88. The molecular weight excluding hydrogens is 460 g/mol. The average Bonchev–Trinajstić information content (AvgIpc) is 3.45. The summed E-state index contributed by atoms with van der Waals surface area (Å²) in [4.78, 5) is -0.139. The van der Waals surface area contributed by atoms with E-state index in [9.17, 15) is 34.0 Å². The molecule has 5 saturated carbocycles. The van der Waals surface area contributed by atoms with Crippen LogP contribution in [0.25, 0.3) is 0 Å². The third kappa shape index (κ3) is 2.13. The molecule has 6 rings (SSSR count). The van der Waals surface area contributed by atoms with E-state index in [-0.39, 0.29) is 4.90 Å². The van der Waals surface area contributed by atoms with Gasteiger partial charge in [-0.25, -0.2) is 0 Å². The zero-order valence-electron chi connectivity index (χ0n) is 19.4. The second kappa shape index (κ2) is 6.62. The number of fused-ring (bicyclic) bond motifs is 6. The molecule has 0 saturated heterocycles. The highest BCUT2D eigenvalue weighted by Gasteiger charge is 3.08. The first kappa shape index (κ1) is 23.3. The summed E-state index contributed by atoms with van der Waals surface area (Å²) in [5, 5.41) is 59.4. The van der Waals surface area contributed by atoms with Crippen LogP contribution < -0.4 is 0 Å². The van der Waals surface area contributed by atoms with Crippen molar-refractivity contribution < 1.29 is 38.1 Å². The molecule has 0 aliphatic heterocycles. The summed E-state index contributed by atoms with van der Waals surface area (Å²) in [6, 6.07) is 6.02. The van der Waals surface area contributed by atoms with Crippen molar-refractivity contribution in [2.75, 3.05) is 0 Å². The number of aliphatic hydroxyl groups excluding tert-OH is 1. The van der Waals surface area contributed by atoms with Crippen molar-refractivity contribution in [3.63, 3.8) is 0 Å². The number of aliphatic hydroxyl groups is 5. The van der Waals surface area contributed by atoms with Gasteiger partial charge in [0.2, 0.25) is 0 Å². The lowest BCUT2D eigenvalue weighted by molar-refractivity contribution is -0.216. The number of rotatable bonds is 3. The van der Waals surface area contributed by atoms with E-state index in [1.807, 2.05) is 6.92 Å². The van der Waals surface area contributed by atoms with E-state index >= 15 is 0 Å². The smallest absolute Gasteiger partial charge is 0.297 e. The summed E-state index contributed by atoms with van der Waals surface area (Å²) in [5.41, 5.74) is -10.4. The minimum absolute atomic E-state index is 0.139. The monoisotopic (exact) mass is 494 g/mol. The summed E-state index contributed by atoms with van der Waals surface area (Å²) < 4.78 is 32.5. The van der Waals surface area contributed by atoms with Crippen molar-refractivity contribution in [3.05, 3.63) is 29.8 Å². The standard InChI is InChI=1S/C25H34O8S/c1-16-8-10-17(11-9-16)34(31,32)33-19-24(29)20(12-4-2-5-13-20)22(24,27)18(26)23(28)21(25(19,23)30)14-6-3-7-15-21/h8-11,18-19,26-30H,2-7,12-15H2,1H3. The summed E-state index contributed by atoms with van der Waals surface area (Å²) in [6.45, 7) is 1.82. The van der Waals surface area contributed by atoms with Crippen LogP contribution in [0.15, 0.2) is 29.2 Å². The van der Waals surface area contributed by atoms with Crippen LogP contribution in [-0.4, -0.2) is 68.6 Å². The lowest BCUT2D eigenvalue weighted by Gasteiger charge is -2.39. The third-order valence-corrected chi connectivity index (χ3v) is 11.7. The Morgan fingerprint density at radius 2 is 1.15 bits per heavy atom. The fourth-order valence-electron chi connectivity index (χ4n) is 8.73. The molecule has 34 heavy (non-hydrogen) atoms. The Morgan fingerprint density at radius 1 is 0.735 bits per heavy atom. The minimum atomic E-state index is -4.47. The molecule has 0 amide bonds. The second-order valence-electron chi connectivity index (χ2n) is 11.5. The van der Waals surface area contributed by atoms with Crippen LogP contribution in [0.2, 0.25) is 0 Å². The Balaban J connectivity index is 1.51. The van der Waals surface area contributed by atoms with Crippen molar-refractivity contribution in [1.82, 2.24) is 0 Å². The molecule has 0 bridgehead atoms. The van der Waals surface area contributed by atoms with E-state index in [1.165, 1.54) is 12.1 Å². The van der Waals surface area contributed by atoms with E-state index < -0.39 is 55.6 Å². The number of hydrogen-bond acceptors (Lipinski definition) is 8. The molecule has 5 aliphatic rings. The number of hydrogen-bond donors (Lipinski definition) is 5. The zero-order chi connectivity index (χ0) is 24.4. The van der Waals surface area contributed by atoms with Gasteiger partial charge in [-0.1, -0.05) is 56.2 Å². The molecule has 1 aromatic carbocycles. The van der Waals surface area contributed by atoms with Crippen LogP contribution in [0.3, 0.4) is 0 Å². The van der Waals surface area contributed by atoms with Crippen LogP contribution in [-0.2, 0) is 14.3 Å². The molecule has 0 aromatic heterocycles. The maximum absolute atomic E-state index is 13.4. The first-order chi connectivity index (χ1) is 15.9. The molecule has 0 heterocycles. The van der Waals surface area contributed by atoms with Gasteiger partial charge in [-0.2, -0.15) is 8.42 Å². The van der Waals surface area contributed by atoms with Crippen molar-refractivity contribution in [2.45, 2.75) is 111 Å². The maximum atomic E-state index is 13.4. The largest absolute Gasteiger partial charge is 0.387 e. The van der Waals surface area contributed by atoms with E-state index in [0.29, 0.717) is 51.4 Å². The Bertz CT molecular complexity index is 1070. The normalized spacial score (nSPS) is 46.1. The molecule has 2 spiro atoms. The van der Waals surface area contributed by atoms with Gasteiger partial charge in [-0.15, -0.1) is 0 Å². The van der Waals surface area contributed by atoms with Gasteiger partial charge >= 0.3 is 0 Å². The molecule has 0 radical (unpaired) electrons. The Hall–Kier alpha value is -1.07. The minimum Gasteiger partial charge on any atom is -0.387 e. The zero-order valence-corrected chi connectivity index (χ0v) is 20.2. The second-order valence-corrected chi connectivity index (χ2v) is 13.1. The van der Waals surface area contributed by atoms with Crippen molar-refractivity contribution in [3.8, 4) is 0 Å². The van der Waals surface area contributed by atoms with Crippen LogP contribution >= 0.6 is 0 Å². The Kier molecular flexibility index (Phi) is 4.54. The van der Waals surface area contributed by atoms with Crippen molar-refractivity contribution in [1.29, 1.82) is 0 Å². The summed E-state index contributed by atoms with van der Waals surface area (Å²) in [6.07, 6.45) is 2.25. The summed E-state index contributed by atoms with van der Waals surface area (Å²) in [5.74, 6) is 0. The first-order valence-corrected chi connectivity index (χ1v) is 13.9. The average molecular weight is 495 g/mol. The molecule has 4 atom stereocenters.